The molecule has 8 nitrogen and oxygen atoms in total. The molecule has 2 aromatic carbocycles. The first-order valence-corrected chi connectivity index (χ1v) is 8.90. The van der Waals surface area contributed by atoms with Gasteiger partial charge in [-0.05, 0) is 18.2 Å². The molecule has 2 heterocycles. The molecule has 0 aliphatic carbocycles. The number of hydrogen-bond donors (Lipinski definition) is 3. The first kappa shape index (κ1) is 20.9. The Morgan fingerprint density at radius 1 is 1.03 bits per heavy atom. The second kappa shape index (κ2) is 8.41. The molecule has 1 amide bonds. The average Bonchev–Trinajstić information content (AvgIpc) is 3.17. The van der Waals surface area contributed by atoms with Gasteiger partial charge >= 0.3 is 5.69 Å². The van der Waals surface area contributed by atoms with Crippen LogP contribution in [0, 0.1) is 17.5 Å². The van der Waals surface area contributed by atoms with Crippen LogP contribution in [0.2, 0.25) is 0 Å². The Labute approximate surface area is 175 Å². The van der Waals surface area contributed by atoms with Crippen LogP contribution in [0.4, 0.5) is 23.2 Å². The summed E-state index contributed by atoms with van der Waals surface area (Å²) >= 11 is 0. The van der Waals surface area contributed by atoms with Crippen LogP contribution in [0.15, 0.2) is 47.4 Å². The number of amides is 1. The van der Waals surface area contributed by atoms with Crippen LogP contribution in [0.1, 0.15) is 10.4 Å². The van der Waals surface area contributed by atoms with Gasteiger partial charge in [0.1, 0.15) is 11.3 Å². The number of fused-ring (bicyclic) bond motifs is 1. The fourth-order valence-electron chi connectivity index (χ4n) is 2.85. The Bertz CT molecular complexity index is 1390. The van der Waals surface area contributed by atoms with Gasteiger partial charge in [-0.3, -0.25) is 9.78 Å². The van der Waals surface area contributed by atoms with Crippen molar-refractivity contribution < 1.29 is 31.8 Å². The summed E-state index contributed by atoms with van der Waals surface area (Å²) in [7, 11) is 0. The Hall–Kier alpha value is -4.35. The Morgan fingerprint density at radius 2 is 1.84 bits per heavy atom. The molecule has 12 heteroatoms. The Morgan fingerprint density at radius 3 is 2.62 bits per heavy atom. The van der Waals surface area contributed by atoms with Crippen molar-refractivity contribution in [1.29, 1.82) is 0 Å². The summed E-state index contributed by atoms with van der Waals surface area (Å²) in [6.45, 7) is -1.13. The molecule has 0 aliphatic heterocycles. The number of pyridine rings is 1. The highest BCUT2D eigenvalue weighted by Crippen LogP contribution is 2.34. The van der Waals surface area contributed by atoms with E-state index in [4.69, 9.17) is 4.74 Å². The summed E-state index contributed by atoms with van der Waals surface area (Å²) in [5.41, 5.74) is -1.21. The predicted octanol–water partition coefficient (Wildman–Crippen LogP) is 4.02. The van der Waals surface area contributed by atoms with Gasteiger partial charge in [-0.2, -0.15) is 4.39 Å². The molecular formula is C20H12F4N4O4. The summed E-state index contributed by atoms with van der Waals surface area (Å²) in [6, 6.07) is 7.29. The number of benzene rings is 2. The highest BCUT2D eigenvalue weighted by Gasteiger charge is 2.23. The van der Waals surface area contributed by atoms with Gasteiger partial charge in [0.2, 0.25) is 12.7 Å². The number of alkyl halides is 1. The summed E-state index contributed by atoms with van der Waals surface area (Å²) in [5, 5.41) is 2.11. The van der Waals surface area contributed by atoms with Crippen molar-refractivity contribution in [3.05, 3.63) is 76.1 Å². The number of aromatic amines is 2. The lowest BCUT2D eigenvalue weighted by Gasteiger charge is -2.13. The number of hydrogen-bond acceptors (Lipinski definition) is 5. The third-order valence-electron chi connectivity index (χ3n) is 4.28. The van der Waals surface area contributed by atoms with E-state index >= 15 is 0 Å². The minimum absolute atomic E-state index is 0.0390. The summed E-state index contributed by atoms with van der Waals surface area (Å²) in [5.74, 6) is -6.92. The molecule has 0 atom stereocenters. The van der Waals surface area contributed by atoms with Crippen molar-refractivity contribution in [2.75, 3.05) is 12.2 Å². The normalized spacial score (nSPS) is 10.9. The third-order valence-corrected chi connectivity index (χ3v) is 4.28. The summed E-state index contributed by atoms with van der Waals surface area (Å²) in [6.07, 6.45) is 1.24. The Balaban J connectivity index is 1.67. The van der Waals surface area contributed by atoms with E-state index in [1.54, 1.807) is 0 Å². The molecule has 0 aliphatic rings. The SMILES string of the molecule is O=C(Nc1cc(Oc2ccnc3[nH]c(=O)[nH]c23)c(F)c(F)c1F)c1cccc(OCF)c1. The number of nitrogens with one attached hydrogen (secondary N) is 3. The highest BCUT2D eigenvalue weighted by molar-refractivity contribution is 6.04. The molecule has 0 fully saturated rings. The van der Waals surface area contributed by atoms with Crippen LogP contribution < -0.4 is 20.5 Å². The number of halogens is 4. The van der Waals surface area contributed by atoms with Crippen LogP contribution in [0.3, 0.4) is 0 Å². The first-order chi connectivity index (χ1) is 15.4. The second-order valence-corrected chi connectivity index (χ2v) is 6.31. The van der Waals surface area contributed by atoms with Crippen LogP contribution in [-0.4, -0.2) is 27.7 Å². The van der Waals surface area contributed by atoms with Crippen molar-refractivity contribution in [2.45, 2.75) is 0 Å². The van der Waals surface area contributed by atoms with E-state index in [1.165, 1.54) is 36.5 Å². The van der Waals surface area contributed by atoms with Gasteiger partial charge in [-0.1, -0.05) is 6.07 Å². The number of anilines is 1. The van der Waals surface area contributed by atoms with Gasteiger partial charge in [0.15, 0.2) is 28.8 Å². The van der Waals surface area contributed by atoms with Gasteiger partial charge in [0.05, 0.1) is 5.69 Å². The smallest absolute Gasteiger partial charge is 0.325 e. The number of carbonyl (C=O) groups excluding carboxylic acids is 1. The van der Waals surface area contributed by atoms with E-state index in [1.807, 2.05) is 0 Å². The number of imidazole rings is 1. The number of H-pyrrole nitrogens is 2. The number of ether oxygens (including phenoxy) is 2. The Kier molecular flexibility index (Phi) is 5.50. The van der Waals surface area contributed by atoms with Crippen molar-refractivity contribution in [3.63, 3.8) is 0 Å². The van der Waals surface area contributed by atoms with Gasteiger partial charge in [-0.25, -0.2) is 22.9 Å². The fourth-order valence-corrected chi connectivity index (χ4v) is 2.85. The van der Waals surface area contributed by atoms with Crippen molar-refractivity contribution >= 4 is 22.8 Å². The minimum atomic E-state index is -1.89. The molecular weight excluding hydrogens is 436 g/mol. The molecule has 164 valence electrons. The molecule has 2 aromatic heterocycles. The molecule has 0 saturated carbocycles. The monoisotopic (exact) mass is 448 g/mol. The number of nitrogens with zero attached hydrogens (tertiary/aromatic N) is 1. The maximum absolute atomic E-state index is 14.3. The second-order valence-electron chi connectivity index (χ2n) is 6.31. The van der Waals surface area contributed by atoms with Crippen LogP contribution in [-0.2, 0) is 0 Å². The van der Waals surface area contributed by atoms with E-state index in [0.29, 0.717) is 0 Å². The van der Waals surface area contributed by atoms with E-state index < -0.39 is 47.3 Å². The van der Waals surface area contributed by atoms with E-state index in [9.17, 15) is 27.2 Å². The zero-order chi connectivity index (χ0) is 22.8. The maximum Gasteiger partial charge on any atom is 0.325 e. The van der Waals surface area contributed by atoms with Gasteiger partial charge in [-0.15, -0.1) is 0 Å². The van der Waals surface area contributed by atoms with Crippen molar-refractivity contribution in [2.24, 2.45) is 0 Å². The van der Waals surface area contributed by atoms with Gasteiger partial charge in [0.25, 0.3) is 5.91 Å². The van der Waals surface area contributed by atoms with E-state index in [0.717, 1.165) is 6.07 Å². The standard InChI is InChI=1S/C20H12F4N4O4/c21-8-31-10-3-1-2-9(6-10)19(29)26-11-7-13(15(23)16(24)14(11)22)32-12-4-5-25-18-17(12)27-20(30)28-18/h1-7H,8H2,(H,26,29)(H2,25,27,28,30). The largest absolute Gasteiger partial charge is 0.463 e. The van der Waals surface area contributed by atoms with E-state index in [-0.39, 0.29) is 28.2 Å². The molecule has 0 spiro atoms. The van der Waals surface area contributed by atoms with Crippen LogP contribution >= 0.6 is 0 Å². The van der Waals surface area contributed by atoms with Crippen molar-refractivity contribution in [3.8, 4) is 17.2 Å². The minimum Gasteiger partial charge on any atom is -0.463 e. The highest BCUT2D eigenvalue weighted by atomic mass is 19.2. The first-order valence-electron chi connectivity index (χ1n) is 8.90. The number of aromatic nitrogens is 3. The lowest BCUT2D eigenvalue weighted by molar-refractivity contribution is 0.102. The lowest BCUT2D eigenvalue weighted by Crippen LogP contribution is -2.14. The molecule has 0 saturated heterocycles. The van der Waals surface area contributed by atoms with Crippen LogP contribution in [0.25, 0.3) is 11.2 Å². The molecule has 0 unspecified atom stereocenters. The number of carbonyl (C=O) groups is 1. The number of rotatable bonds is 6. The molecule has 0 radical (unpaired) electrons. The summed E-state index contributed by atoms with van der Waals surface area (Å²) < 4.78 is 65.1. The fraction of sp³-hybridized carbons (Fsp3) is 0.0500. The van der Waals surface area contributed by atoms with Gasteiger partial charge in [0, 0.05) is 23.9 Å². The predicted molar refractivity (Wildman–Crippen MR) is 104 cm³/mol. The topological polar surface area (TPSA) is 109 Å². The lowest BCUT2D eigenvalue weighted by atomic mass is 10.2. The molecule has 4 rings (SSSR count). The maximum atomic E-state index is 14.3. The zero-order valence-electron chi connectivity index (χ0n) is 15.8. The van der Waals surface area contributed by atoms with Crippen molar-refractivity contribution in [1.82, 2.24) is 15.0 Å². The molecule has 0 bridgehead atoms. The molecule has 3 N–H and O–H groups in total. The zero-order valence-corrected chi connectivity index (χ0v) is 15.8. The molecule has 4 aromatic rings. The van der Waals surface area contributed by atoms with E-state index in [2.05, 4.69) is 25.0 Å². The third kappa shape index (κ3) is 3.97. The molecule has 32 heavy (non-hydrogen) atoms. The summed E-state index contributed by atoms with van der Waals surface area (Å²) in [4.78, 5) is 32.5. The van der Waals surface area contributed by atoms with Crippen LogP contribution in [0.5, 0.6) is 17.2 Å². The van der Waals surface area contributed by atoms with Gasteiger partial charge < -0.3 is 19.8 Å². The average molecular weight is 448 g/mol. The quantitative estimate of drug-likeness (QED) is 0.305.